The van der Waals surface area contributed by atoms with E-state index >= 15 is 0 Å². The van der Waals surface area contributed by atoms with Crippen molar-refractivity contribution in [2.45, 2.75) is 6.92 Å². The minimum Gasteiger partial charge on any atom is -0.492 e. The molecule has 0 aliphatic rings. The van der Waals surface area contributed by atoms with Crippen LogP contribution in [0.3, 0.4) is 0 Å². The molecule has 100 valence electrons. The van der Waals surface area contributed by atoms with Gasteiger partial charge in [0.2, 0.25) is 0 Å². The first-order valence-electron chi connectivity index (χ1n) is 6.03. The molecule has 0 amide bonds. The number of ether oxygens (including phenoxy) is 1. The number of anilines is 1. The zero-order valence-corrected chi connectivity index (χ0v) is 10.6. The Hall–Kier alpha value is -2.10. The number of benzene rings is 2. The normalized spacial score (nSPS) is 10.3. The number of nitrogens with one attached hydrogen (secondary N) is 1. The Kier molecular flexibility index (Phi) is 4.34. The molecule has 2 aromatic carbocycles. The lowest BCUT2D eigenvalue weighted by Crippen LogP contribution is -2.11. The molecule has 0 saturated carbocycles. The summed E-state index contributed by atoms with van der Waals surface area (Å²) in [6, 6.07) is 10.9. The molecule has 0 heterocycles. The minimum atomic E-state index is -0.278. The molecule has 0 bridgehead atoms. The Bertz CT molecular complexity index is 558. The number of aryl methyl sites for hydroxylation is 1. The summed E-state index contributed by atoms with van der Waals surface area (Å²) in [4.78, 5) is 0. The fourth-order valence-electron chi connectivity index (χ4n) is 1.67. The third kappa shape index (κ3) is 3.95. The Morgan fingerprint density at radius 2 is 1.95 bits per heavy atom. The molecule has 2 rings (SSSR count). The number of halogens is 2. The molecule has 2 aromatic rings. The van der Waals surface area contributed by atoms with Gasteiger partial charge < -0.3 is 10.1 Å². The van der Waals surface area contributed by atoms with Crippen LogP contribution in [0.5, 0.6) is 5.75 Å². The molecule has 1 N–H and O–H groups in total. The third-order valence-electron chi connectivity index (χ3n) is 2.65. The zero-order chi connectivity index (χ0) is 13.7. The first kappa shape index (κ1) is 13.3. The first-order valence-corrected chi connectivity index (χ1v) is 6.03. The van der Waals surface area contributed by atoms with Crippen LogP contribution in [-0.2, 0) is 0 Å². The highest BCUT2D eigenvalue weighted by atomic mass is 19.1. The molecular formula is C15H15F2NO. The third-order valence-corrected chi connectivity index (χ3v) is 2.65. The second-order valence-corrected chi connectivity index (χ2v) is 4.20. The summed E-state index contributed by atoms with van der Waals surface area (Å²) in [6.07, 6.45) is 0. The summed E-state index contributed by atoms with van der Waals surface area (Å²) in [5, 5.41) is 3.04. The van der Waals surface area contributed by atoms with Crippen molar-refractivity contribution in [2.24, 2.45) is 0 Å². The fraction of sp³-hybridized carbons (Fsp3) is 0.200. The van der Waals surface area contributed by atoms with Crippen LogP contribution in [0.4, 0.5) is 14.5 Å². The molecule has 2 nitrogen and oxygen atoms in total. The van der Waals surface area contributed by atoms with Crippen molar-refractivity contribution >= 4 is 5.69 Å². The quantitative estimate of drug-likeness (QED) is 0.829. The number of rotatable bonds is 5. The van der Waals surface area contributed by atoms with Gasteiger partial charge in [0.05, 0.1) is 0 Å². The standard InChI is InChI=1S/C15H15F2NO/c1-11-9-14(5-6-15(11)17)19-8-7-18-13-4-2-3-12(16)10-13/h2-6,9-10,18H,7-8H2,1H3. The Labute approximate surface area is 111 Å². The summed E-state index contributed by atoms with van der Waals surface area (Å²) >= 11 is 0. The second-order valence-electron chi connectivity index (χ2n) is 4.20. The molecule has 0 spiro atoms. The van der Waals surface area contributed by atoms with Gasteiger partial charge in [-0.15, -0.1) is 0 Å². The average Bonchev–Trinajstić information content (AvgIpc) is 2.39. The molecule has 0 aromatic heterocycles. The lowest BCUT2D eigenvalue weighted by Gasteiger charge is -2.09. The predicted molar refractivity (Wildman–Crippen MR) is 71.5 cm³/mol. The summed E-state index contributed by atoms with van der Waals surface area (Å²) in [5.41, 5.74) is 1.26. The average molecular weight is 263 g/mol. The van der Waals surface area contributed by atoms with Crippen molar-refractivity contribution in [1.29, 1.82) is 0 Å². The van der Waals surface area contributed by atoms with E-state index in [2.05, 4.69) is 5.32 Å². The molecular weight excluding hydrogens is 248 g/mol. The van der Waals surface area contributed by atoms with Crippen LogP contribution < -0.4 is 10.1 Å². The van der Waals surface area contributed by atoms with Gasteiger partial charge in [-0.25, -0.2) is 8.78 Å². The van der Waals surface area contributed by atoms with E-state index in [4.69, 9.17) is 4.74 Å². The highest BCUT2D eigenvalue weighted by molar-refractivity contribution is 5.42. The topological polar surface area (TPSA) is 21.3 Å². The molecule has 19 heavy (non-hydrogen) atoms. The van der Waals surface area contributed by atoms with E-state index in [9.17, 15) is 8.78 Å². The van der Waals surface area contributed by atoms with Crippen LogP contribution in [0.25, 0.3) is 0 Å². The smallest absolute Gasteiger partial charge is 0.126 e. The van der Waals surface area contributed by atoms with Gasteiger partial charge in [-0.2, -0.15) is 0 Å². The van der Waals surface area contributed by atoms with E-state index in [1.54, 1.807) is 31.2 Å². The number of hydrogen-bond acceptors (Lipinski definition) is 2. The molecule has 0 aliphatic heterocycles. The second kappa shape index (κ2) is 6.18. The minimum absolute atomic E-state index is 0.245. The number of hydrogen-bond donors (Lipinski definition) is 1. The van der Waals surface area contributed by atoms with E-state index in [0.29, 0.717) is 30.2 Å². The van der Waals surface area contributed by atoms with Gasteiger partial charge in [0, 0.05) is 12.2 Å². The molecule has 0 unspecified atom stereocenters. The highest BCUT2D eigenvalue weighted by Crippen LogP contribution is 2.15. The van der Waals surface area contributed by atoms with Crippen LogP contribution in [0.1, 0.15) is 5.56 Å². The first-order chi connectivity index (χ1) is 9.15. The lowest BCUT2D eigenvalue weighted by molar-refractivity contribution is 0.332. The summed E-state index contributed by atoms with van der Waals surface area (Å²) in [6.45, 7) is 2.65. The monoisotopic (exact) mass is 263 g/mol. The van der Waals surface area contributed by atoms with Crippen LogP contribution >= 0.6 is 0 Å². The zero-order valence-electron chi connectivity index (χ0n) is 10.6. The SMILES string of the molecule is Cc1cc(OCCNc2cccc(F)c2)ccc1F. The van der Waals surface area contributed by atoms with Crippen molar-refractivity contribution < 1.29 is 13.5 Å². The van der Waals surface area contributed by atoms with Gasteiger partial charge in [0.1, 0.15) is 24.0 Å². The van der Waals surface area contributed by atoms with Gasteiger partial charge in [0.15, 0.2) is 0 Å². The molecule has 0 fully saturated rings. The van der Waals surface area contributed by atoms with Crippen LogP contribution in [0, 0.1) is 18.6 Å². The van der Waals surface area contributed by atoms with Crippen LogP contribution in [0.15, 0.2) is 42.5 Å². The van der Waals surface area contributed by atoms with E-state index in [0.717, 1.165) is 0 Å². The van der Waals surface area contributed by atoms with Gasteiger partial charge in [-0.05, 0) is 48.9 Å². The van der Waals surface area contributed by atoms with Gasteiger partial charge in [0.25, 0.3) is 0 Å². The molecule has 0 atom stereocenters. The maximum absolute atomic E-state index is 13.0. The van der Waals surface area contributed by atoms with E-state index < -0.39 is 0 Å². The van der Waals surface area contributed by atoms with Crippen LogP contribution in [0.2, 0.25) is 0 Å². The van der Waals surface area contributed by atoms with Gasteiger partial charge >= 0.3 is 0 Å². The Morgan fingerprint density at radius 3 is 2.68 bits per heavy atom. The highest BCUT2D eigenvalue weighted by Gasteiger charge is 2.00. The van der Waals surface area contributed by atoms with Gasteiger partial charge in [-0.1, -0.05) is 6.07 Å². The maximum Gasteiger partial charge on any atom is 0.126 e. The van der Waals surface area contributed by atoms with E-state index in [-0.39, 0.29) is 11.6 Å². The van der Waals surface area contributed by atoms with Crippen molar-refractivity contribution in [1.82, 2.24) is 0 Å². The lowest BCUT2D eigenvalue weighted by atomic mass is 10.2. The summed E-state index contributed by atoms with van der Waals surface area (Å²) in [5.74, 6) is 0.102. The summed E-state index contributed by atoms with van der Waals surface area (Å²) in [7, 11) is 0. The van der Waals surface area contributed by atoms with Gasteiger partial charge in [-0.3, -0.25) is 0 Å². The Morgan fingerprint density at radius 1 is 1.11 bits per heavy atom. The van der Waals surface area contributed by atoms with Crippen molar-refractivity contribution in [3.05, 3.63) is 59.7 Å². The molecule has 4 heteroatoms. The molecule has 0 aliphatic carbocycles. The summed E-state index contributed by atoms with van der Waals surface area (Å²) < 4.78 is 31.4. The Balaban J connectivity index is 1.79. The predicted octanol–water partition coefficient (Wildman–Crippen LogP) is 3.76. The largest absolute Gasteiger partial charge is 0.492 e. The maximum atomic E-state index is 13.0. The van der Waals surface area contributed by atoms with E-state index in [1.165, 1.54) is 18.2 Å². The van der Waals surface area contributed by atoms with Crippen LogP contribution in [-0.4, -0.2) is 13.2 Å². The van der Waals surface area contributed by atoms with Crippen molar-refractivity contribution in [2.75, 3.05) is 18.5 Å². The molecule has 0 radical (unpaired) electrons. The molecule has 0 saturated heterocycles. The van der Waals surface area contributed by atoms with E-state index in [1.807, 2.05) is 0 Å². The van der Waals surface area contributed by atoms with Crippen molar-refractivity contribution in [3.8, 4) is 5.75 Å². The fourth-order valence-corrected chi connectivity index (χ4v) is 1.67. The van der Waals surface area contributed by atoms with Crippen molar-refractivity contribution in [3.63, 3.8) is 0 Å².